The number of benzene rings is 1. The average Bonchev–Trinajstić information content (AvgIpc) is 2.87. The number of anilines is 1. The third-order valence-corrected chi connectivity index (χ3v) is 6.91. The van der Waals surface area contributed by atoms with Crippen molar-refractivity contribution >= 4 is 17.8 Å². The van der Waals surface area contributed by atoms with Crippen molar-refractivity contribution < 1.29 is 26.0 Å². The van der Waals surface area contributed by atoms with E-state index in [1.807, 2.05) is 0 Å². The van der Waals surface area contributed by atoms with Crippen LogP contribution in [0.1, 0.15) is 52.2 Å². The van der Waals surface area contributed by atoms with E-state index in [1.54, 1.807) is 0 Å². The summed E-state index contributed by atoms with van der Waals surface area (Å²) in [6.45, 7) is 19.5. The summed E-state index contributed by atoms with van der Waals surface area (Å²) >= 11 is 0. The molecule has 1 aromatic carbocycles. The van der Waals surface area contributed by atoms with Crippen molar-refractivity contribution in [3.8, 4) is 0 Å². The maximum Gasteiger partial charge on any atom is 0.169 e. The van der Waals surface area contributed by atoms with Crippen molar-refractivity contribution in [1.29, 1.82) is 0 Å². The maximum absolute atomic E-state index is 2.36. The number of hydrogen-bond donors (Lipinski definition) is 0. The van der Waals surface area contributed by atoms with Crippen LogP contribution in [0, 0.1) is 0 Å². The van der Waals surface area contributed by atoms with Crippen molar-refractivity contribution in [1.82, 2.24) is 0 Å². The Hall–Kier alpha value is -2.17. The molecule has 0 aliphatic rings. The molecule has 0 saturated carbocycles. The molecule has 1 heterocycles. The molecule has 4 heteroatoms. The molecule has 1 aromatic heterocycles. The summed E-state index contributed by atoms with van der Waals surface area (Å²) in [5.74, 6) is 0. The van der Waals surface area contributed by atoms with Crippen molar-refractivity contribution in [3.63, 3.8) is 0 Å². The summed E-state index contributed by atoms with van der Waals surface area (Å²) in [6.07, 6.45) is 18.3. The Balaban J connectivity index is 0.00000578. The van der Waals surface area contributed by atoms with Gasteiger partial charge in [0.1, 0.15) is 0 Å². The Labute approximate surface area is 219 Å². The van der Waals surface area contributed by atoms with Gasteiger partial charge in [-0.25, -0.2) is 4.57 Å². The summed E-state index contributed by atoms with van der Waals surface area (Å²) in [6, 6.07) is 13.1. The Morgan fingerprint density at radius 3 is 1.68 bits per heavy atom. The van der Waals surface area contributed by atoms with E-state index in [-0.39, 0.29) is 17.0 Å². The molecular weight excluding hydrogens is 482 g/mol. The topological polar surface area (TPSA) is 7.12 Å². The second-order valence-corrected chi connectivity index (χ2v) is 8.60. The Kier molecular flexibility index (Phi) is 14.5. The van der Waals surface area contributed by atoms with Crippen molar-refractivity contribution in [2.24, 2.45) is 0 Å². The van der Waals surface area contributed by atoms with Gasteiger partial charge in [0.15, 0.2) is 18.9 Å². The zero-order valence-corrected chi connectivity index (χ0v) is 23.5. The highest BCUT2D eigenvalue weighted by Crippen LogP contribution is 2.15. The third-order valence-electron chi connectivity index (χ3n) is 6.91. The fourth-order valence-corrected chi connectivity index (χ4v) is 4.31. The molecule has 0 spiro atoms. The molecule has 0 aliphatic carbocycles. The predicted molar refractivity (Wildman–Crippen MR) is 145 cm³/mol. The minimum atomic E-state index is 0. The second-order valence-electron chi connectivity index (χ2n) is 8.60. The van der Waals surface area contributed by atoms with E-state index in [9.17, 15) is 0 Å². The Morgan fingerprint density at radius 1 is 0.706 bits per heavy atom. The first-order valence-corrected chi connectivity index (χ1v) is 12.8. The lowest BCUT2D eigenvalue weighted by Gasteiger charge is -2.35. The molecule has 2 rings (SSSR count). The molecule has 0 amide bonds. The van der Waals surface area contributed by atoms with Crippen LogP contribution in [0.5, 0.6) is 0 Å². The van der Waals surface area contributed by atoms with E-state index < -0.39 is 0 Å². The van der Waals surface area contributed by atoms with Crippen LogP contribution in [0.3, 0.4) is 0 Å². The van der Waals surface area contributed by atoms with Gasteiger partial charge in [0.2, 0.25) is 0 Å². The van der Waals surface area contributed by atoms with Crippen LogP contribution < -0.4 is 26.4 Å². The lowest BCUT2D eigenvalue weighted by atomic mass is 10.1. The normalized spacial score (nSPS) is 12.0. The maximum atomic E-state index is 2.36. The monoisotopic (exact) mass is 526 g/mol. The van der Waals surface area contributed by atoms with E-state index in [4.69, 9.17) is 0 Å². The van der Waals surface area contributed by atoms with Gasteiger partial charge in [-0.05, 0) is 57.9 Å². The lowest BCUT2D eigenvalue weighted by molar-refractivity contribution is -0.925. The fraction of sp³-hybridized carbons (Fsp3) is 0.433. The number of quaternary nitrogens is 1. The number of aromatic nitrogens is 1. The number of nitrogens with zero attached hydrogens (tertiary/aromatic N) is 3. The first-order chi connectivity index (χ1) is 16.1. The summed E-state index contributed by atoms with van der Waals surface area (Å²) in [7, 11) is 0. The SMILES string of the molecule is CCN(CC)c1ccc(/C=C/C=C/C=C/c2cc[n+](CCC[N+](CC)(CC)CC)cc2)cc1.[Br-]. The van der Waals surface area contributed by atoms with Gasteiger partial charge >= 0.3 is 0 Å². The van der Waals surface area contributed by atoms with Gasteiger partial charge in [0.05, 0.1) is 32.6 Å². The van der Waals surface area contributed by atoms with Gasteiger partial charge in [0, 0.05) is 30.9 Å². The van der Waals surface area contributed by atoms with Crippen LogP contribution in [-0.4, -0.2) is 43.8 Å². The second kappa shape index (κ2) is 16.5. The molecule has 0 saturated heterocycles. The number of rotatable bonds is 14. The van der Waals surface area contributed by atoms with Crippen LogP contribution in [0.25, 0.3) is 12.2 Å². The molecule has 186 valence electrons. The molecule has 0 N–H and O–H groups in total. The molecule has 0 atom stereocenters. The molecule has 0 unspecified atom stereocenters. The zero-order valence-electron chi connectivity index (χ0n) is 22.0. The minimum absolute atomic E-state index is 0. The summed E-state index contributed by atoms with van der Waals surface area (Å²) in [4.78, 5) is 2.36. The third kappa shape index (κ3) is 9.60. The number of allylic oxidation sites excluding steroid dienone is 4. The zero-order chi connectivity index (χ0) is 23.9. The quantitative estimate of drug-likeness (QED) is 0.208. The van der Waals surface area contributed by atoms with Crippen LogP contribution >= 0.6 is 0 Å². The highest BCUT2D eigenvalue weighted by Gasteiger charge is 2.20. The van der Waals surface area contributed by atoms with Crippen LogP contribution in [0.2, 0.25) is 0 Å². The number of pyridine rings is 1. The van der Waals surface area contributed by atoms with E-state index in [0.29, 0.717) is 0 Å². The molecule has 0 bridgehead atoms. The van der Waals surface area contributed by atoms with Gasteiger partial charge in [-0.15, -0.1) is 0 Å². The Bertz CT molecular complexity index is 866. The smallest absolute Gasteiger partial charge is 0.169 e. The fourth-order valence-electron chi connectivity index (χ4n) is 4.31. The van der Waals surface area contributed by atoms with Crippen molar-refractivity contribution in [2.45, 2.75) is 47.6 Å². The van der Waals surface area contributed by atoms with Crippen molar-refractivity contribution in [3.05, 3.63) is 84.2 Å². The van der Waals surface area contributed by atoms with E-state index in [2.05, 4.69) is 129 Å². The summed E-state index contributed by atoms with van der Waals surface area (Å²) < 4.78 is 3.53. The molecule has 0 radical (unpaired) electrons. The van der Waals surface area contributed by atoms with Crippen LogP contribution in [0.4, 0.5) is 5.69 Å². The van der Waals surface area contributed by atoms with Gasteiger partial charge < -0.3 is 26.4 Å². The molecule has 34 heavy (non-hydrogen) atoms. The molecular formula is C30H45BrN3+. The van der Waals surface area contributed by atoms with E-state index in [0.717, 1.165) is 19.6 Å². The predicted octanol–water partition coefficient (Wildman–Crippen LogP) is 3.37. The number of halogens is 1. The Morgan fingerprint density at radius 2 is 1.21 bits per heavy atom. The molecule has 0 fully saturated rings. The summed E-state index contributed by atoms with van der Waals surface area (Å²) in [5.41, 5.74) is 3.74. The van der Waals surface area contributed by atoms with Gasteiger partial charge in [-0.3, -0.25) is 0 Å². The largest absolute Gasteiger partial charge is 1.00 e. The standard InChI is InChI=1S/C30H45N3.BrH/c1-6-32(7-2)30-20-18-28(19-21-30)16-13-11-12-14-17-29-22-25-31(26-23-29)24-15-27-33(8-3,9-4)10-5;/h11-14,16-23,25-26H,6-10,15,24,27H2,1-5H3;1H/q+2;/p-1. The van der Waals surface area contributed by atoms with E-state index in [1.165, 1.54) is 53.9 Å². The van der Waals surface area contributed by atoms with Gasteiger partial charge in [-0.2, -0.15) is 0 Å². The molecule has 3 nitrogen and oxygen atoms in total. The minimum Gasteiger partial charge on any atom is -1.00 e. The van der Waals surface area contributed by atoms with Crippen LogP contribution in [-0.2, 0) is 6.54 Å². The van der Waals surface area contributed by atoms with Gasteiger partial charge in [-0.1, -0.05) is 48.6 Å². The van der Waals surface area contributed by atoms with E-state index >= 15 is 0 Å². The number of aryl methyl sites for hydroxylation is 1. The first kappa shape index (κ1) is 29.9. The van der Waals surface area contributed by atoms with Gasteiger partial charge in [0.25, 0.3) is 0 Å². The van der Waals surface area contributed by atoms with Crippen LogP contribution in [0.15, 0.2) is 73.1 Å². The summed E-state index contributed by atoms with van der Waals surface area (Å²) in [5, 5.41) is 0. The van der Waals surface area contributed by atoms with Crippen molar-refractivity contribution in [2.75, 3.05) is 44.2 Å². The number of hydrogen-bond acceptors (Lipinski definition) is 1. The average molecular weight is 528 g/mol. The highest BCUT2D eigenvalue weighted by molar-refractivity contribution is 5.57. The molecule has 2 aromatic rings. The molecule has 0 aliphatic heterocycles. The lowest BCUT2D eigenvalue weighted by Crippen LogP contribution is -3.00. The first-order valence-electron chi connectivity index (χ1n) is 12.8. The highest BCUT2D eigenvalue weighted by atomic mass is 79.9.